The molecule has 176 valence electrons. The number of hydrogen-bond acceptors (Lipinski definition) is 7. The molecule has 0 amide bonds. The molecule has 2 fully saturated rings. The van der Waals surface area contributed by atoms with Crippen molar-refractivity contribution in [1.82, 2.24) is 0 Å². The molecule has 2 aliphatic rings. The van der Waals surface area contributed by atoms with Crippen molar-refractivity contribution in [2.45, 2.75) is 39.9 Å². The molecule has 1 unspecified atom stereocenters. The number of phosphoric acid groups is 1. The van der Waals surface area contributed by atoms with Crippen molar-refractivity contribution in [3.63, 3.8) is 0 Å². The van der Waals surface area contributed by atoms with Crippen LogP contribution in [0.5, 0.6) is 0 Å². The quantitative estimate of drug-likeness (QED) is 0.510. The molecule has 10 heteroatoms. The van der Waals surface area contributed by atoms with E-state index in [-0.39, 0.29) is 13.2 Å². The van der Waals surface area contributed by atoms with Crippen LogP contribution >= 0.6 is 26.3 Å². The second-order valence-electron chi connectivity index (χ2n) is 9.60. The first-order valence-electron chi connectivity index (χ1n) is 10.4. The molecule has 7 nitrogen and oxygen atoms in total. The maximum absolute atomic E-state index is 13.5. The van der Waals surface area contributed by atoms with Crippen LogP contribution in [0.3, 0.4) is 0 Å². The number of phosphoric ester groups is 1. The van der Waals surface area contributed by atoms with E-state index in [0.717, 1.165) is 11.1 Å². The summed E-state index contributed by atoms with van der Waals surface area (Å²) in [6.07, 6.45) is -1.29. The van der Waals surface area contributed by atoms with Crippen LogP contribution < -0.4 is 4.89 Å². The van der Waals surface area contributed by atoms with Crippen LogP contribution in [0, 0.1) is 10.8 Å². The molecule has 2 aromatic carbocycles. The van der Waals surface area contributed by atoms with Crippen molar-refractivity contribution < 1.29 is 32.2 Å². The van der Waals surface area contributed by atoms with Crippen molar-refractivity contribution in [3.05, 3.63) is 71.8 Å². The molecule has 0 spiro atoms. The molecule has 2 aliphatic heterocycles. The summed E-state index contributed by atoms with van der Waals surface area (Å²) in [7, 11) is -4.35. The number of hydrogen-bond donors (Lipinski definition) is 1. The van der Waals surface area contributed by atoms with Gasteiger partial charge in [0, 0.05) is 0 Å². The Kier molecular flexibility index (Phi) is 6.27. The average Bonchev–Trinajstić information content (AvgIpc) is 2.74. The van der Waals surface area contributed by atoms with Gasteiger partial charge in [0.25, 0.3) is 0 Å². The van der Waals surface area contributed by atoms with Crippen molar-refractivity contribution in [2.75, 3.05) is 13.2 Å². The van der Waals surface area contributed by atoms with Gasteiger partial charge in [0.1, 0.15) is 0 Å². The predicted molar refractivity (Wildman–Crippen MR) is 123 cm³/mol. The second kappa shape index (κ2) is 8.21. The van der Waals surface area contributed by atoms with Crippen LogP contribution in [0.15, 0.2) is 60.7 Å². The molecular formula is C22H29ClO7P2. The van der Waals surface area contributed by atoms with Crippen LogP contribution in [-0.2, 0) is 22.4 Å². The monoisotopic (exact) mass is 502 g/mol. The molecule has 2 heterocycles. The zero-order chi connectivity index (χ0) is 23.3. The van der Waals surface area contributed by atoms with Crippen LogP contribution in [0.4, 0.5) is 0 Å². The Bertz CT molecular complexity index is 957. The number of halogens is 1. The second-order valence-corrected chi connectivity index (χ2v) is 15.3. The van der Waals surface area contributed by atoms with Gasteiger partial charge in [-0.1, -0.05) is 0 Å². The molecule has 2 saturated heterocycles. The van der Waals surface area contributed by atoms with E-state index in [1.807, 2.05) is 88.4 Å². The molecule has 32 heavy (non-hydrogen) atoms. The van der Waals surface area contributed by atoms with Gasteiger partial charge in [0.05, 0.1) is 0 Å². The van der Waals surface area contributed by atoms with E-state index in [9.17, 15) is 9.79 Å². The van der Waals surface area contributed by atoms with E-state index in [1.54, 1.807) is 0 Å². The summed E-state index contributed by atoms with van der Waals surface area (Å²) in [6.45, 7) is 2.42. The van der Waals surface area contributed by atoms with E-state index in [0.29, 0.717) is 0 Å². The normalized spacial score (nSPS) is 34.2. The summed E-state index contributed by atoms with van der Waals surface area (Å²) < 4.78 is 28.3. The van der Waals surface area contributed by atoms with E-state index in [4.69, 9.17) is 33.6 Å². The van der Waals surface area contributed by atoms with Crippen molar-refractivity contribution >= 4 is 26.3 Å². The Balaban J connectivity index is 1.61. The van der Waals surface area contributed by atoms with Gasteiger partial charge in [-0.2, -0.15) is 0 Å². The molecule has 3 atom stereocenters. The van der Waals surface area contributed by atoms with Crippen molar-refractivity contribution in [3.8, 4) is 0 Å². The molecule has 0 radical (unpaired) electrons. The Morgan fingerprint density at radius 3 is 2.00 bits per heavy atom. The topological polar surface area (TPSA) is 89.4 Å². The van der Waals surface area contributed by atoms with Gasteiger partial charge in [-0.3, -0.25) is 0 Å². The first-order valence-corrected chi connectivity index (χ1v) is 14.7. The molecule has 0 aromatic heterocycles. The fourth-order valence-electron chi connectivity index (χ4n) is 3.85. The molecular weight excluding hydrogens is 474 g/mol. The summed E-state index contributed by atoms with van der Waals surface area (Å²) in [6, 6.07) is 18.6. The van der Waals surface area contributed by atoms with Gasteiger partial charge < -0.3 is 0 Å². The van der Waals surface area contributed by atoms with Crippen LogP contribution in [0.1, 0.15) is 51.0 Å². The Morgan fingerprint density at radius 2 is 1.44 bits per heavy atom. The molecule has 0 bridgehead atoms. The van der Waals surface area contributed by atoms with Crippen LogP contribution in [-0.4, -0.2) is 18.1 Å². The number of rotatable bonds is 4. The third-order valence-electron chi connectivity index (χ3n) is 5.61. The SMILES string of the molecule is CC1(C)CO[P+]([O-])(OP2(O)(Cl)OCC(C)(C)[C@@H](c3ccccc3)O2)O[C@@H]1c1ccccc1. The van der Waals surface area contributed by atoms with Crippen molar-refractivity contribution in [2.24, 2.45) is 10.8 Å². The van der Waals surface area contributed by atoms with Gasteiger partial charge in [-0.25, -0.2) is 0 Å². The number of benzene rings is 2. The molecule has 0 saturated carbocycles. The first kappa shape index (κ1) is 24.4. The fourth-order valence-corrected chi connectivity index (χ4v) is 9.49. The molecule has 0 aliphatic carbocycles. The third kappa shape index (κ3) is 5.03. The van der Waals surface area contributed by atoms with E-state index < -0.39 is 38.1 Å². The summed E-state index contributed by atoms with van der Waals surface area (Å²) in [4.78, 5) is 24.9. The minimum atomic E-state index is -5.34. The maximum atomic E-state index is 13.5. The van der Waals surface area contributed by atoms with E-state index in [2.05, 4.69) is 0 Å². The van der Waals surface area contributed by atoms with Gasteiger partial charge in [-0.05, 0) is 0 Å². The average molecular weight is 503 g/mol. The summed E-state index contributed by atoms with van der Waals surface area (Å²) >= 11 is 6.48. The van der Waals surface area contributed by atoms with E-state index in [1.165, 1.54) is 0 Å². The van der Waals surface area contributed by atoms with Gasteiger partial charge >= 0.3 is 194 Å². The zero-order valence-corrected chi connectivity index (χ0v) is 21.1. The first-order chi connectivity index (χ1) is 14.8. The minimum absolute atomic E-state index is 0.0119. The Labute approximate surface area is 194 Å². The van der Waals surface area contributed by atoms with Gasteiger partial charge in [-0.15, -0.1) is 0 Å². The zero-order valence-electron chi connectivity index (χ0n) is 18.5. The van der Waals surface area contributed by atoms with Crippen LogP contribution in [0.2, 0.25) is 0 Å². The Hall–Kier alpha value is -0.690. The third-order valence-corrected chi connectivity index (χ3v) is 10.6. The summed E-state index contributed by atoms with van der Waals surface area (Å²) in [5.74, 6) is 0. The van der Waals surface area contributed by atoms with E-state index >= 15 is 0 Å². The molecule has 4 rings (SSSR count). The fraction of sp³-hybridized carbons (Fsp3) is 0.455. The molecule has 2 aromatic rings. The summed E-state index contributed by atoms with van der Waals surface area (Å²) in [5.41, 5.74) is 0.528. The van der Waals surface area contributed by atoms with Gasteiger partial charge in [0.15, 0.2) is 0 Å². The van der Waals surface area contributed by atoms with Crippen molar-refractivity contribution in [1.29, 1.82) is 0 Å². The predicted octanol–water partition coefficient (Wildman–Crippen LogP) is 6.03. The standard InChI is InChI=1S/C22H29ClO7P2/c1-21(2)15-26-31(24,28-19(21)17-11-7-5-8-12-17)30-32(23,25)27-16-22(3,4)20(29-32)18-13-9-6-10-14-18/h5-14,19-20,25H,15-16H2,1-4H3/t19-,20-,31?/m1/s1. The van der Waals surface area contributed by atoms with Gasteiger partial charge in [0.2, 0.25) is 0 Å². The van der Waals surface area contributed by atoms with Crippen LogP contribution in [0.25, 0.3) is 0 Å². The molecule has 1 N–H and O–H groups in total. The Morgan fingerprint density at radius 1 is 0.938 bits per heavy atom. The summed E-state index contributed by atoms with van der Waals surface area (Å²) in [5, 5.41) is 0.